The Morgan fingerprint density at radius 1 is 0.833 bits per heavy atom. The molecule has 0 aliphatic heterocycles. The van der Waals surface area contributed by atoms with E-state index in [0.29, 0.717) is 44.5 Å². The number of benzene rings is 2. The maximum absolute atomic E-state index is 11.7. The Morgan fingerprint density at radius 3 is 2.10 bits per heavy atom. The average molecular weight is 417 g/mol. The highest BCUT2D eigenvalue weighted by Gasteiger charge is 2.08. The quantitative estimate of drug-likeness (QED) is 0.506. The van der Waals surface area contributed by atoms with Gasteiger partial charge >= 0.3 is 0 Å². The number of amides is 1. The SMILES string of the molecule is CCOc1ccc(OCCOc2ccc(CNCC(=O)N(C)C)cc2OCC)cc1. The molecule has 1 amide bonds. The topological polar surface area (TPSA) is 69.3 Å². The number of likely N-dealkylation sites (N-methyl/N-ethyl adjacent to an activating group) is 1. The normalized spacial score (nSPS) is 10.4. The van der Waals surface area contributed by atoms with Crippen LogP contribution in [0.1, 0.15) is 19.4 Å². The lowest BCUT2D eigenvalue weighted by Gasteiger charge is -2.15. The van der Waals surface area contributed by atoms with Crippen LogP contribution >= 0.6 is 0 Å². The monoisotopic (exact) mass is 416 g/mol. The minimum absolute atomic E-state index is 0.0347. The van der Waals surface area contributed by atoms with Crippen molar-refractivity contribution in [3.05, 3.63) is 48.0 Å². The summed E-state index contributed by atoms with van der Waals surface area (Å²) in [5.74, 6) is 2.97. The molecule has 7 nitrogen and oxygen atoms in total. The van der Waals surface area contributed by atoms with Gasteiger partial charge in [0.05, 0.1) is 19.8 Å². The minimum Gasteiger partial charge on any atom is -0.494 e. The van der Waals surface area contributed by atoms with Gasteiger partial charge in [-0.3, -0.25) is 4.79 Å². The average Bonchev–Trinajstić information content (AvgIpc) is 2.74. The van der Waals surface area contributed by atoms with Gasteiger partial charge in [0, 0.05) is 20.6 Å². The fraction of sp³-hybridized carbons (Fsp3) is 0.435. The van der Waals surface area contributed by atoms with Gasteiger partial charge in [0.2, 0.25) is 5.91 Å². The van der Waals surface area contributed by atoms with Gasteiger partial charge in [-0.1, -0.05) is 6.07 Å². The molecule has 0 heterocycles. The van der Waals surface area contributed by atoms with Crippen LogP contribution in [0.25, 0.3) is 0 Å². The van der Waals surface area contributed by atoms with Gasteiger partial charge in [-0.25, -0.2) is 0 Å². The predicted molar refractivity (Wildman–Crippen MR) is 117 cm³/mol. The molecule has 0 fully saturated rings. The molecular formula is C23H32N2O5. The van der Waals surface area contributed by atoms with Crippen LogP contribution in [0.15, 0.2) is 42.5 Å². The minimum atomic E-state index is 0.0347. The molecule has 0 radical (unpaired) electrons. The zero-order valence-corrected chi connectivity index (χ0v) is 18.3. The number of rotatable bonds is 13. The fourth-order valence-corrected chi connectivity index (χ4v) is 2.63. The molecule has 7 heteroatoms. The van der Waals surface area contributed by atoms with Crippen LogP contribution in [0.4, 0.5) is 0 Å². The molecule has 0 unspecified atom stereocenters. The van der Waals surface area contributed by atoms with Gasteiger partial charge < -0.3 is 29.2 Å². The van der Waals surface area contributed by atoms with E-state index in [-0.39, 0.29) is 12.5 Å². The van der Waals surface area contributed by atoms with Crippen molar-refractivity contribution in [1.29, 1.82) is 0 Å². The number of nitrogens with zero attached hydrogens (tertiary/aromatic N) is 1. The van der Waals surface area contributed by atoms with Crippen LogP contribution in [-0.2, 0) is 11.3 Å². The summed E-state index contributed by atoms with van der Waals surface area (Å²) in [4.78, 5) is 13.2. The van der Waals surface area contributed by atoms with Crippen molar-refractivity contribution >= 4 is 5.91 Å². The van der Waals surface area contributed by atoms with E-state index in [2.05, 4.69) is 5.32 Å². The van der Waals surface area contributed by atoms with Gasteiger partial charge in [0.25, 0.3) is 0 Å². The van der Waals surface area contributed by atoms with E-state index >= 15 is 0 Å². The maximum Gasteiger partial charge on any atom is 0.236 e. The highest BCUT2D eigenvalue weighted by Crippen LogP contribution is 2.28. The number of nitrogens with one attached hydrogen (secondary N) is 1. The molecule has 2 aromatic rings. The molecule has 0 bridgehead atoms. The molecule has 164 valence electrons. The first kappa shape index (κ1) is 23.3. The number of carbonyl (C=O) groups is 1. The molecular weight excluding hydrogens is 384 g/mol. The van der Waals surface area contributed by atoms with Crippen LogP contribution in [0, 0.1) is 0 Å². The third kappa shape index (κ3) is 7.83. The molecule has 0 spiro atoms. The zero-order chi connectivity index (χ0) is 21.8. The lowest BCUT2D eigenvalue weighted by molar-refractivity contribution is -0.127. The van der Waals surface area contributed by atoms with Crippen LogP contribution in [0.2, 0.25) is 0 Å². The van der Waals surface area contributed by atoms with E-state index in [9.17, 15) is 4.79 Å². The number of carbonyl (C=O) groups excluding carboxylic acids is 1. The molecule has 0 aromatic heterocycles. The molecule has 30 heavy (non-hydrogen) atoms. The first-order chi connectivity index (χ1) is 14.5. The van der Waals surface area contributed by atoms with Crippen LogP contribution < -0.4 is 24.3 Å². The third-order valence-electron chi connectivity index (χ3n) is 4.16. The Kier molecular flexibility index (Phi) is 9.80. The summed E-state index contributed by atoms with van der Waals surface area (Å²) >= 11 is 0. The van der Waals surface area contributed by atoms with E-state index in [0.717, 1.165) is 17.1 Å². The first-order valence-corrected chi connectivity index (χ1v) is 10.2. The summed E-state index contributed by atoms with van der Waals surface area (Å²) < 4.78 is 22.7. The Morgan fingerprint density at radius 2 is 1.47 bits per heavy atom. The van der Waals surface area contributed by atoms with Crippen LogP contribution in [-0.4, -0.2) is 57.9 Å². The van der Waals surface area contributed by atoms with E-state index in [1.807, 2.05) is 56.3 Å². The van der Waals surface area contributed by atoms with Crippen molar-refractivity contribution in [2.45, 2.75) is 20.4 Å². The molecule has 0 aliphatic carbocycles. The summed E-state index contributed by atoms with van der Waals surface area (Å²) in [5, 5.41) is 3.14. The molecule has 0 atom stereocenters. The summed E-state index contributed by atoms with van der Waals surface area (Å²) in [7, 11) is 3.48. The van der Waals surface area contributed by atoms with Crippen molar-refractivity contribution in [3.63, 3.8) is 0 Å². The van der Waals surface area contributed by atoms with Crippen molar-refractivity contribution in [2.24, 2.45) is 0 Å². The van der Waals surface area contributed by atoms with E-state index in [1.165, 1.54) is 0 Å². The third-order valence-corrected chi connectivity index (χ3v) is 4.16. The second-order valence-corrected chi connectivity index (χ2v) is 6.71. The molecule has 0 aliphatic rings. The fourth-order valence-electron chi connectivity index (χ4n) is 2.63. The largest absolute Gasteiger partial charge is 0.494 e. The lowest BCUT2D eigenvalue weighted by Crippen LogP contribution is -2.32. The van der Waals surface area contributed by atoms with Gasteiger partial charge in [-0.05, 0) is 55.8 Å². The molecule has 0 saturated carbocycles. The number of hydrogen-bond acceptors (Lipinski definition) is 6. The summed E-state index contributed by atoms with van der Waals surface area (Å²) in [6, 6.07) is 13.3. The number of hydrogen-bond donors (Lipinski definition) is 1. The standard InChI is InChI=1S/C23H32N2O5/c1-5-27-19-8-10-20(11-9-19)29-13-14-30-21-12-7-18(15-22(21)28-6-2)16-24-17-23(26)25(3)4/h7-12,15,24H,5-6,13-14,16-17H2,1-4H3. The van der Waals surface area contributed by atoms with Crippen molar-refractivity contribution < 1.29 is 23.7 Å². The van der Waals surface area contributed by atoms with Crippen molar-refractivity contribution in [1.82, 2.24) is 10.2 Å². The summed E-state index contributed by atoms with van der Waals surface area (Å²) in [6.07, 6.45) is 0. The zero-order valence-electron chi connectivity index (χ0n) is 18.3. The van der Waals surface area contributed by atoms with Gasteiger partial charge in [0.15, 0.2) is 11.5 Å². The van der Waals surface area contributed by atoms with E-state index in [1.54, 1.807) is 19.0 Å². The Balaban J connectivity index is 1.83. The van der Waals surface area contributed by atoms with Crippen LogP contribution in [0.5, 0.6) is 23.0 Å². The number of ether oxygens (including phenoxy) is 4. The van der Waals surface area contributed by atoms with Crippen molar-refractivity contribution in [3.8, 4) is 23.0 Å². The Labute approximate surface area is 178 Å². The Hall–Kier alpha value is -2.93. The Bertz CT molecular complexity index is 778. The highest BCUT2D eigenvalue weighted by atomic mass is 16.5. The smallest absolute Gasteiger partial charge is 0.236 e. The molecule has 2 aromatic carbocycles. The first-order valence-electron chi connectivity index (χ1n) is 10.2. The second-order valence-electron chi connectivity index (χ2n) is 6.71. The predicted octanol–water partition coefficient (Wildman–Crippen LogP) is 3.12. The van der Waals surface area contributed by atoms with E-state index < -0.39 is 0 Å². The molecule has 0 saturated heterocycles. The lowest BCUT2D eigenvalue weighted by atomic mass is 10.2. The summed E-state index contributed by atoms with van der Waals surface area (Å²) in [6.45, 7) is 6.72. The van der Waals surface area contributed by atoms with Gasteiger partial charge in [0.1, 0.15) is 24.7 Å². The van der Waals surface area contributed by atoms with Gasteiger partial charge in [-0.15, -0.1) is 0 Å². The van der Waals surface area contributed by atoms with Crippen LogP contribution in [0.3, 0.4) is 0 Å². The maximum atomic E-state index is 11.7. The summed E-state index contributed by atoms with van der Waals surface area (Å²) in [5.41, 5.74) is 1.02. The molecule has 2 rings (SSSR count). The van der Waals surface area contributed by atoms with E-state index in [4.69, 9.17) is 18.9 Å². The van der Waals surface area contributed by atoms with Crippen molar-refractivity contribution in [2.75, 3.05) is 47.1 Å². The second kappa shape index (κ2) is 12.6. The molecule has 1 N–H and O–H groups in total. The van der Waals surface area contributed by atoms with Gasteiger partial charge in [-0.2, -0.15) is 0 Å². The highest BCUT2D eigenvalue weighted by molar-refractivity contribution is 5.77.